The van der Waals surface area contributed by atoms with Gasteiger partial charge in [0, 0.05) is 16.9 Å². The molecule has 1 atom stereocenters. The molecule has 0 saturated heterocycles. The van der Waals surface area contributed by atoms with Crippen LogP contribution in [0.4, 0.5) is 0 Å². The first kappa shape index (κ1) is 14.8. The van der Waals surface area contributed by atoms with Gasteiger partial charge in [-0.25, -0.2) is 13.1 Å². The van der Waals surface area contributed by atoms with Crippen molar-refractivity contribution in [1.29, 1.82) is 0 Å². The quantitative estimate of drug-likeness (QED) is 0.820. The number of hydrogen-bond acceptors (Lipinski definition) is 2. The third-order valence-corrected chi connectivity index (χ3v) is 4.40. The molecule has 0 radical (unpaired) electrons. The Hall–Kier alpha value is -0.290. The number of sulfonamides is 1. The van der Waals surface area contributed by atoms with E-state index in [0.29, 0.717) is 23.7 Å². The molecule has 1 rings (SSSR count). The molecule has 1 aromatic carbocycles. The first-order valence-electron chi connectivity index (χ1n) is 5.33. The smallest absolute Gasteiger partial charge is 0.208 e. The number of halogens is 2. The van der Waals surface area contributed by atoms with Crippen molar-refractivity contribution in [3.8, 4) is 0 Å². The van der Waals surface area contributed by atoms with E-state index in [2.05, 4.69) is 4.72 Å². The summed E-state index contributed by atoms with van der Waals surface area (Å²) in [5, 5.41) is 0.511. The lowest BCUT2D eigenvalue weighted by Gasteiger charge is -2.15. The van der Waals surface area contributed by atoms with Crippen LogP contribution in [0.25, 0.3) is 0 Å². The monoisotopic (exact) mass is 295 g/mol. The normalized spacial score (nSPS) is 13.6. The van der Waals surface area contributed by atoms with Crippen molar-refractivity contribution in [3.63, 3.8) is 0 Å². The van der Waals surface area contributed by atoms with Crippen LogP contribution in [0.5, 0.6) is 0 Å². The predicted molar refractivity (Wildman–Crippen MR) is 71.2 cm³/mol. The van der Waals surface area contributed by atoms with E-state index in [4.69, 9.17) is 23.2 Å². The summed E-state index contributed by atoms with van der Waals surface area (Å²) in [6.45, 7) is 1.92. The molecule has 0 aliphatic heterocycles. The molecule has 0 aliphatic carbocycles. The van der Waals surface area contributed by atoms with Gasteiger partial charge in [-0.15, -0.1) is 11.6 Å². The summed E-state index contributed by atoms with van der Waals surface area (Å²) in [6, 6.07) is 5.95. The Bertz CT molecular complexity index is 445. The van der Waals surface area contributed by atoms with Crippen LogP contribution in [0.1, 0.15) is 19.8 Å². The topological polar surface area (TPSA) is 46.2 Å². The Morgan fingerprint density at radius 1 is 1.29 bits per heavy atom. The maximum absolute atomic E-state index is 12.0. The molecule has 0 fully saturated rings. The van der Waals surface area contributed by atoms with Crippen LogP contribution in [0.2, 0.25) is 5.02 Å². The zero-order valence-electron chi connectivity index (χ0n) is 9.49. The van der Waals surface area contributed by atoms with Gasteiger partial charge in [0.05, 0.1) is 4.90 Å². The number of alkyl halides is 1. The third kappa shape index (κ3) is 4.47. The second-order valence-corrected chi connectivity index (χ2v) is 6.19. The van der Waals surface area contributed by atoms with Crippen molar-refractivity contribution in [1.82, 2.24) is 4.72 Å². The lowest BCUT2D eigenvalue weighted by atomic mass is 10.2. The van der Waals surface area contributed by atoms with E-state index < -0.39 is 10.0 Å². The summed E-state index contributed by atoms with van der Waals surface area (Å²) < 4.78 is 26.6. The average molecular weight is 296 g/mol. The molecule has 0 spiro atoms. The van der Waals surface area contributed by atoms with Crippen molar-refractivity contribution < 1.29 is 8.42 Å². The van der Waals surface area contributed by atoms with E-state index in [9.17, 15) is 8.42 Å². The molecule has 0 bridgehead atoms. The molecule has 0 saturated carbocycles. The second-order valence-electron chi connectivity index (χ2n) is 3.66. The SMILES string of the molecule is CCC(CCCl)NS(=O)(=O)c1ccc(Cl)cc1. The van der Waals surface area contributed by atoms with Crippen LogP contribution in [0.15, 0.2) is 29.2 Å². The first-order chi connectivity index (χ1) is 7.99. The van der Waals surface area contributed by atoms with Crippen LogP contribution in [-0.4, -0.2) is 20.3 Å². The average Bonchev–Trinajstić information content (AvgIpc) is 2.28. The fraction of sp³-hybridized carbons (Fsp3) is 0.455. The molecule has 0 aliphatic rings. The van der Waals surface area contributed by atoms with Crippen molar-refractivity contribution >= 4 is 33.2 Å². The maximum Gasteiger partial charge on any atom is 0.240 e. The molecule has 1 unspecified atom stereocenters. The molecule has 0 amide bonds. The first-order valence-corrected chi connectivity index (χ1v) is 7.73. The van der Waals surface area contributed by atoms with Crippen LogP contribution < -0.4 is 4.72 Å². The highest BCUT2D eigenvalue weighted by Crippen LogP contribution is 2.15. The number of nitrogens with one attached hydrogen (secondary N) is 1. The standard InChI is InChI=1S/C11H15Cl2NO2S/c1-2-10(7-8-12)14-17(15,16)11-5-3-9(13)4-6-11/h3-6,10,14H,2,7-8H2,1H3. The molecule has 17 heavy (non-hydrogen) atoms. The van der Waals surface area contributed by atoms with Gasteiger partial charge in [-0.05, 0) is 37.1 Å². The minimum atomic E-state index is -3.48. The van der Waals surface area contributed by atoms with E-state index >= 15 is 0 Å². The summed E-state index contributed by atoms with van der Waals surface area (Å²) in [5.74, 6) is 0.432. The van der Waals surface area contributed by atoms with Crippen molar-refractivity contribution in [2.45, 2.75) is 30.7 Å². The van der Waals surface area contributed by atoms with E-state index in [1.165, 1.54) is 12.1 Å². The predicted octanol–water partition coefficient (Wildman–Crippen LogP) is 3.03. The van der Waals surface area contributed by atoms with Crippen molar-refractivity contribution in [2.24, 2.45) is 0 Å². The highest BCUT2D eigenvalue weighted by molar-refractivity contribution is 7.89. The molecule has 1 N–H and O–H groups in total. The van der Waals surface area contributed by atoms with Crippen LogP contribution in [0, 0.1) is 0 Å². The minimum absolute atomic E-state index is 0.131. The number of rotatable bonds is 6. The summed E-state index contributed by atoms with van der Waals surface area (Å²) in [5.41, 5.74) is 0. The van der Waals surface area contributed by atoms with Gasteiger partial charge in [0.25, 0.3) is 0 Å². The van der Waals surface area contributed by atoms with Crippen LogP contribution in [0.3, 0.4) is 0 Å². The summed E-state index contributed by atoms with van der Waals surface area (Å²) in [7, 11) is -3.48. The number of benzene rings is 1. The molecule has 6 heteroatoms. The Labute approximate surface area is 112 Å². The van der Waals surface area contributed by atoms with Gasteiger partial charge in [-0.1, -0.05) is 18.5 Å². The van der Waals surface area contributed by atoms with E-state index in [-0.39, 0.29) is 10.9 Å². The largest absolute Gasteiger partial charge is 0.240 e. The van der Waals surface area contributed by atoms with Crippen molar-refractivity contribution in [3.05, 3.63) is 29.3 Å². The third-order valence-electron chi connectivity index (χ3n) is 2.40. The Morgan fingerprint density at radius 2 is 1.88 bits per heavy atom. The number of hydrogen-bond donors (Lipinski definition) is 1. The zero-order chi connectivity index (χ0) is 12.9. The molecular weight excluding hydrogens is 281 g/mol. The van der Waals surface area contributed by atoms with Crippen LogP contribution >= 0.6 is 23.2 Å². The van der Waals surface area contributed by atoms with Crippen molar-refractivity contribution in [2.75, 3.05) is 5.88 Å². The fourth-order valence-corrected chi connectivity index (χ4v) is 3.12. The van der Waals surface area contributed by atoms with Gasteiger partial charge in [0.15, 0.2) is 0 Å². The Kier molecular flexibility index (Phi) is 5.73. The van der Waals surface area contributed by atoms with Gasteiger partial charge >= 0.3 is 0 Å². The maximum atomic E-state index is 12.0. The highest BCUT2D eigenvalue weighted by Gasteiger charge is 2.18. The van der Waals surface area contributed by atoms with Gasteiger partial charge in [0.1, 0.15) is 0 Å². The van der Waals surface area contributed by atoms with E-state index in [1.54, 1.807) is 12.1 Å². The zero-order valence-corrected chi connectivity index (χ0v) is 11.8. The summed E-state index contributed by atoms with van der Waals surface area (Å²) >= 11 is 11.3. The van der Waals surface area contributed by atoms with E-state index in [0.717, 1.165) is 0 Å². The minimum Gasteiger partial charge on any atom is -0.208 e. The summed E-state index contributed by atoms with van der Waals surface area (Å²) in [4.78, 5) is 0.218. The second kappa shape index (κ2) is 6.59. The Morgan fingerprint density at radius 3 is 2.35 bits per heavy atom. The van der Waals surface area contributed by atoms with Gasteiger partial charge in [0.2, 0.25) is 10.0 Å². The summed E-state index contributed by atoms with van der Waals surface area (Å²) in [6.07, 6.45) is 1.32. The van der Waals surface area contributed by atoms with Gasteiger partial charge in [-0.3, -0.25) is 0 Å². The van der Waals surface area contributed by atoms with E-state index in [1.807, 2.05) is 6.92 Å². The lowest BCUT2D eigenvalue weighted by molar-refractivity contribution is 0.531. The fourth-order valence-electron chi connectivity index (χ4n) is 1.38. The molecule has 1 aromatic rings. The van der Waals surface area contributed by atoms with Gasteiger partial charge < -0.3 is 0 Å². The van der Waals surface area contributed by atoms with Crippen LogP contribution in [-0.2, 0) is 10.0 Å². The molecule has 0 aromatic heterocycles. The van der Waals surface area contributed by atoms with Gasteiger partial charge in [-0.2, -0.15) is 0 Å². The molecule has 0 heterocycles. The molecular formula is C11H15Cl2NO2S. The lowest BCUT2D eigenvalue weighted by Crippen LogP contribution is -2.34. The Balaban J connectivity index is 2.84. The molecule has 3 nitrogen and oxygen atoms in total. The molecule has 96 valence electrons. The highest BCUT2D eigenvalue weighted by atomic mass is 35.5.